The number of ether oxygens (including phenoxy) is 1. The predicted molar refractivity (Wildman–Crippen MR) is 326 cm³/mol. The highest BCUT2D eigenvalue weighted by molar-refractivity contribution is 5.91. The van der Waals surface area contributed by atoms with E-state index in [2.05, 4.69) is 98.4 Å². The van der Waals surface area contributed by atoms with Crippen molar-refractivity contribution >= 4 is 23.8 Å². The number of fused-ring (bicyclic) bond motifs is 5. The average molecular weight is 1120 g/mol. The van der Waals surface area contributed by atoms with Crippen molar-refractivity contribution in [2.24, 2.45) is 46.3 Å². The number of carbonyl (C=O) groups excluding carboxylic acids is 4. The molecule has 2 heterocycles. The molecule has 3 N–H and O–H groups in total. The third-order valence-electron chi connectivity index (χ3n) is 20.9. The molecular weight excluding hydrogens is 999 g/mol. The summed E-state index contributed by atoms with van der Waals surface area (Å²) in [6, 6.07) is -1.45. The molecule has 5 fully saturated rings. The van der Waals surface area contributed by atoms with Crippen LogP contribution in [0, 0.1) is 46.3 Å². The first kappa shape index (κ1) is 65.7. The van der Waals surface area contributed by atoms with Gasteiger partial charge >= 0.3 is 6.09 Å². The van der Waals surface area contributed by atoms with Crippen LogP contribution < -0.4 is 10.6 Å². The second-order valence-electron chi connectivity index (χ2n) is 27.5. The molecule has 4 saturated carbocycles. The number of alkyl carbamates (subject to hydrolysis) is 1. The molecule has 5 unspecified atom stereocenters. The summed E-state index contributed by atoms with van der Waals surface area (Å²) in [6.45, 7) is 13.9. The van der Waals surface area contributed by atoms with Crippen LogP contribution in [0.1, 0.15) is 213 Å². The quantitative estimate of drug-likeness (QED) is 0.0446. The van der Waals surface area contributed by atoms with Gasteiger partial charge in [0.15, 0.2) is 0 Å². The number of rotatable bonds is 35. The Bertz CT molecular complexity index is 2000. The number of nitrogens with zero attached hydrogens (tertiary/aromatic N) is 6. The Morgan fingerprint density at radius 1 is 0.762 bits per heavy atom. The van der Waals surface area contributed by atoms with Gasteiger partial charge in [0.25, 0.3) is 0 Å². The van der Waals surface area contributed by atoms with Crippen molar-refractivity contribution in [2.75, 3.05) is 81.6 Å². The number of unbranched alkanes of at least 4 members (excludes halogenated alkanes) is 12. The van der Waals surface area contributed by atoms with Crippen molar-refractivity contribution in [2.45, 2.75) is 238 Å². The molecule has 1 saturated heterocycles. The van der Waals surface area contributed by atoms with Gasteiger partial charge in [0.2, 0.25) is 17.7 Å². The zero-order valence-electron chi connectivity index (χ0n) is 52.6. The molecule has 0 spiro atoms. The zero-order valence-corrected chi connectivity index (χ0v) is 52.6. The number of nitrogens with one attached hydrogen (secondary N) is 3. The van der Waals surface area contributed by atoms with E-state index in [0.717, 1.165) is 87.9 Å². The fourth-order valence-corrected chi connectivity index (χ4v) is 16.3. The molecule has 14 heteroatoms. The lowest BCUT2D eigenvalue weighted by atomic mass is 9.44. The molecule has 14 nitrogen and oxygen atoms in total. The van der Waals surface area contributed by atoms with Crippen LogP contribution in [0.2, 0.25) is 0 Å². The van der Waals surface area contributed by atoms with Crippen molar-refractivity contribution < 1.29 is 23.9 Å². The Hall–Kier alpha value is -3.49. The molecule has 4 amide bonds. The van der Waals surface area contributed by atoms with Gasteiger partial charge in [-0.3, -0.25) is 19.3 Å². The third kappa shape index (κ3) is 19.0. The van der Waals surface area contributed by atoms with Crippen molar-refractivity contribution in [3.63, 3.8) is 0 Å². The second-order valence-corrected chi connectivity index (χ2v) is 27.5. The van der Waals surface area contributed by atoms with E-state index in [1.807, 2.05) is 30.1 Å². The molecule has 0 radical (unpaired) electrons. The monoisotopic (exact) mass is 1120 g/mol. The Morgan fingerprint density at radius 2 is 1.40 bits per heavy atom. The summed E-state index contributed by atoms with van der Waals surface area (Å²) in [5.74, 6) is 3.75. The highest BCUT2D eigenvalue weighted by Gasteiger charge is 2.61. The summed E-state index contributed by atoms with van der Waals surface area (Å²) in [4.78, 5) is 73.9. The number of likely N-dealkylation sites (tertiary alicyclic amines) is 1. The Morgan fingerprint density at radius 3 is 2.04 bits per heavy atom. The zero-order chi connectivity index (χ0) is 57.7. The predicted octanol–water partition coefficient (Wildman–Crippen LogP) is 11.9. The molecule has 1 aromatic heterocycles. The lowest BCUT2D eigenvalue weighted by Gasteiger charge is -2.61. The molecular formula is C66H117N9O5. The van der Waals surface area contributed by atoms with E-state index in [1.54, 1.807) is 11.2 Å². The van der Waals surface area contributed by atoms with Crippen molar-refractivity contribution in [1.82, 2.24) is 45.1 Å². The summed E-state index contributed by atoms with van der Waals surface area (Å²) < 4.78 is 6.13. The molecule has 456 valence electrons. The SMILES string of the molecule is CCCCCCCC/C=C\CCCCCCCCNC(=O)O[C@@H]1CC[C@@]2(C)C(CCC3C2CC[C@@]2(C)C3CC[C@@H]2[C@H](C)CCC(=O)N[C@H]2C[C@@H](C(=O)N(CCCN(C)C)CCCN(C)C)N(C(=O)C(Cc3c[nH]cn3)N(C)C)C2)C1. The van der Waals surface area contributed by atoms with Crippen LogP contribution in [0.3, 0.4) is 0 Å². The molecule has 0 bridgehead atoms. The highest BCUT2D eigenvalue weighted by atomic mass is 16.6. The topological polar surface area (TPSA) is 146 Å². The summed E-state index contributed by atoms with van der Waals surface area (Å²) in [5.41, 5.74) is 1.39. The third-order valence-corrected chi connectivity index (χ3v) is 20.9. The van der Waals surface area contributed by atoms with E-state index in [4.69, 9.17) is 4.74 Å². The Balaban J connectivity index is 0.935. The smallest absolute Gasteiger partial charge is 0.407 e. The number of amides is 4. The van der Waals surface area contributed by atoms with Crippen molar-refractivity contribution in [3.05, 3.63) is 30.4 Å². The number of imidazole rings is 1. The summed E-state index contributed by atoms with van der Waals surface area (Å²) in [7, 11) is 12.0. The molecule has 12 atom stereocenters. The van der Waals surface area contributed by atoms with Crippen molar-refractivity contribution in [1.29, 1.82) is 0 Å². The molecule has 1 aromatic rings. The van der Waals surface area contributed by atoms with Gasteiger partial charge in [0.05, 0.1) is 18.1 Å². The Kier molecular flexibility index (Phi) is 27.2. The van der Waals surface area contributed by atoms with Gasteiger partial charge in [-0.05, 0) is 217 Å². The first-order valence-corrected chi connectivity index (χ1v) is 32.9. The Labute approximate surface area is 487 Å². The lowest BCUT2D eigenvalue weighted by Crippen LogP contribution is -2.54. The fourth-order valence-electron chi connectivity index (χ4n) is 16.3. The molecule has 1 aliphatic heterocycles. The maximum atomic E-state index is 14.7. The van der Waals surface area contributed by atoms with Gasteiger partial charge in [-0.15, -0.1) is 0 Å². The lowest BCUT2D eigenvalue weighted by molar-refractivity contribution is -0.146. The summed E-state index contributed by atoms with van der Waals surface area (Å²) in [5, 5.41) is 6.46. The largest absolute Gasteiger partial charge is 0.446 e. The second kappa shape index (κ2) is 33.1. The van der Waals surface area contributed by atoms with Crippen LogP contribution in [-0.2, 0) is 25.5 Å². The normalized spacial score (nSPS) is 28.2. The molecule has 0 aromatic carbocycles. The number of carbonyl (C=O) groups is 4. The summed E-state index contributed by atoms with van der Waals surface area (Å²) in [6.07, 6.45) is 40.6. The van der Waals surface area contributed by atoms with Crippen LogP contribution >= 0.6 is 0 Å². The van der Waals surface area contributed by atoms with Gasteiger partial charge in [-0.2, -0.15) is 0 Å². The number of hydrogen-bond acceptors (Lipinski definition) is 9. The van der Waals surface area contributed by atoms with Gasteiger partial charge < -0.3 is 40.0 Å². The minimum atomic E-state index is -0.647. The number of aromatic amines is 1. The molecule has 5 aliphatic rings. The number of hydrogen-bond donors (Lipinski definition) is 3. The van der Waals surface area contributed by atoms with E-state index in [0.29, 0.717) is 68.6 Å². The van der Waals surface area contributed by atoms with E-state index < -0.39 is 12.1 Å². The van der Waals surface area contributed by atoms with Crippen LogP contribution in [0.4, 0.5) is 4.79 Å². The van der Waals surface area contributed by atoms with Gasteiger partial charge in [-0.1, -0.05) is 97.6 Å². The molecule has 6 rings (SSSR count). The van der Waals surface area contributed by atoms with E-state index in [1.165, 1.54) is 116 Å². The minimum absolute atomic E-state index is 0.0181. The van der Waals surface area contributed by atoms with Crippen LogP contribution in [0.5, 0.6) is 0 Å². The van der Waals surface area contributed by atoms with Crippen LogP contribution in [-0.4, -0.2) is 164 Å². The van der Waals surface area contributed by atoms with Crippen LogP contribution in [0.15, 0.2) is 24.7 Å². The first-order chi connectivity index (χ1) is 38.4. The van der Waals surface area contributed by atoms with Gasteiger partial charge in [-0.25, -0.2) is 9.78 Å². The van der Waals surface area contributed by atoms with Crippen LogP contribution in [0.25, 0.3) is 0 Å². The van der Waals surface area contributed by atoms with Crippen molar-refractivity contribution in [3.8, 4) is 0 Å². The average Bonchev–Trinajstić information content (AvgIpc) is 4.20. The van der Waals surface area contributed by atoms with Gasteiger partial charge in [0.1, 0.15) is 12.1 Å². The number of allylic oxidation sites excluding steroid dienone is 2. The molecule has 80 heavy (non-hydrogen) atoms. The van der Waals surface area contributed by atoms with E-state index in [9.17, 15) is 19.2 Å². The van der Waals surface area contributed by atoms with Gasteiger partial charge in [0, 0.05) is 51.3 Å². The maximum Gasteiger partial charge on any atom is 0.407 e. The first-order valence-electron chi connectivity index (χ1n) is 32.9. The maximum absolute atomic E-state index is 14.7. The number of likely N-dealkylation sites (N-methyl/N-ethyl adjacent to an activating group) is 1. The highest BCUT2D eigenvalue weighted by Crippen LogP contribution is 2.68. The van der Waals surface area contributed by atoms with E-state index >= 15 is 0 Å². The molecule has 4 aliphatic carbocycles. The minimum Gasteiger partial charge on any atom is -0.446 e. The fraction of sp³-hybridized carbons (Fsp3) is 0.864. The number of H-pyrrole nitrogens is 1. The summed E-state index contributed by atoms with van der Waals surface area (Å²) >= 11 is 0. The number of aromatic nitrogens is 2. The standard InChI is InChI=1S/C66H117N9O5/c1-11-12-13-14-15-16-17-18-19-20-21-22-23-24-25-26-39-68-64(79)80-54-35-37-65(3)51(44-54)30-31-55-57-33-32-56(66(57,4)38-36-58(55)65)50(2)29-34-61(76)70-53-46-60(62(77)74(42-27-40-71(5)6)43-28-41-72(7)8)75(48-53)63(78)59(73(9)10)45-52-47-67-49-69-52/h18-19,47,49-51,53-60H,11-17,20-46,48H2,1-10H3,(H,67,69)(H,68,79)(H,70,76)/b19-18-/t50-,51?,53+,54-,55?,56-,57?,58?,59?,60+,65+,66-/m1/s1. The van der Waals surface area contributed by atoms with E-state index in [-0.39, 0.29) is 41.4 Å².